The van der Waals surface area contributed by atoms with E-state index in [4.69, 9.17) is 5.73 Å². The minimum atomic E-state index is 0.261. The molecule has 1 aromatic heterocycles. The van der Waals surface area contributed by atoms with Gasteiger partial charge in [0.15, 0.2) is 0 Å². The number of nitrogens with zero attached hydrogens (tertiary/aromatic N) is 4. The molecule has 2 heterocycles. The molecule has 1 amide bonds. The van der Waals surface area contributed by atoms with Crippen LogP contribution in [0.1, 0.15) is 30.7 Å². The predicted octanol–water partition coefficient (Wildman–Crippen LogP) is 2.11. The second-order valence-electron chi connectivity index (χ2n) is 6.93. The summed E-state index contributed by atoms with van der Waals surface area (Å²) in [4.78, 5) is 25.2. The molecule has 1 fully saturated rings. The first-order chi connectivity index (χ1) is 12.6. The zero-order valence-corrected chi connectivity index (χ0v) is 15.3. The van der Waals surface area contributed by atoms with Crippen molar-refractivity contribution in [3.63, 3.8) is 0 Å². The number of nitrogens with two attached hydrogens (primary N) is 1. The molecule has 26 heavy (non-hydrogen) atoms. The average molecular weight is 353 g/mol. The lowest BCUT2D eigenvalue weighted by atomic mass is 10.1. The van der Waals surface area contributed by atoms with Crippen LogP contribution in [0.2, 0.25) is 0 Å². The number of benzene rings is 1. The van der Waals surface area contributed by atoms with Gasteiger partial charge in [-0.25, -0.2) is 9.97 Å². The molecule has 6 heteroatoms. The monoisotopic (exact) mass is 353 g/mol. The molecule has 0 aliphatic carbocycles. The Morgan fingerprint density at radius 3 is 2.88 bits per heavy atom. The third-order valence-corrected chi connectivity index (χ3v) is 4.96. The maximum Gasteiger partial charge on any atom is 0.222 e. The Kier molecular flexibility index (Phi) is 6.17. The van der Waals surface area contributed by atoms with Crippen molar-refractivity contribution in [3.8, 4) is 0 Å². The van der Waals surface area contributed by atoms with Gasteiger partial charge in [0.2, 0.25) is 5.91 Å². The van der Waals surface area contributed by atoms with Crippen LogP contribution in [0.25, 0.3) is 0 Å². The molecular weight excluding hydrogens is 326 g/mol. The van der Waals surface area contributed by atoms with Crippen LogP contribution >= 0.6 is 0 Å². The van der Waals surface area contributed by atoms with Gasteiger partial charge in [0.1, 0.15) is 11.6 Å². The number of rotatable bonds is 7. The smallest absolute Gasteiger partial charge is 0.222 e. The zero-order chi connectivity index (χ0) is 18.4. The minimum absolute atomic E-state index is 0.261. The summed E-state index contributed by atoms with van der Waals surface area (Å²) in [6.45, 7) is 2.26. The number of aryl methyl sites for hydroxylation is 1. The molecule has 1 unspecified atom stereocenters. The van der Waals surface area contributed by atoms with Gasteiger partial charge in [0, 0.05) is 31.7 Å². The topological polar surface area (TPSA) is 75.4 Å². The molecule has 0 saturated carbocycles. The van der Waals surface area contributed by atoms with Gasteiger partial charge in [-0.1, -0.05) is 30.3 Å². The molecule has 0 spiro atoms. The van der Waals surface area contributed by atoms with Crippen molar-refractivity contribution < 1.29 is 4.79 Å². The first kappa shape index (κ1) is 18.3. The van der Waals surface area contributed by atoms with E-state index in [9.17, 15) is 4.79 Å². The highest BCUT2D eigenvalue weighted by molar-refractivity contribution is 5.76. The summed E-state index contributed by atoms with van der Waals surface area (Å²) in [6.07, 6.45) is 5.14. The van der Waals surface area contributed by atoms with E-state index in [-0.39, 0.29) is 5.91 Å². The Bertz CT molecular complexity index is 721. The maximum absolute atomic E-state index is 12.5. The third kappa shape index (κ3) is 5.02. The van der Waals surface area contributed by atoms with E-state index in [0.29, 0.717) is 24.8 Å². The predicted molar refractivity (Wildman–Crippen MR) is 102 cm³/mol. The van der Waals surface area contributed by atoms with Crippen LogP contribution in [-0.2, 0) is 17.8 Å². The van der Waals surface area contributed by atoms with E-state index in [1.54, 1.807) is 12.3 Å². The van der Waals surface area contributed by atoms with Crippen LogP contribution in [0.5, 0.6) is 0 Å². The Morgan fingerprint density at radius 2 is 2.12 bits per heavy atom. The van der Waals surface area contributed by atoms with Gasteiger partial charge in [0.25, 0.3) is 0 Å². The van der Waals surface area contributed by atoms with Crippen LogP contribution in [0.15, 0.2) is 42.6 Å². The highest BCUT2D eigenvalue weighted by atomic mass is 16.2. The van der Waals surface area contributed by atoms with E-state index >= 15 is 0 Å². The van der Waals surface area contributed by atoms with Crippen LogP contribution in [0.4, 0.5) is 5.82 Å². The van der Waals surface area contributed by atoms with E-state index in [0.717, 1.165) is 38.2 Å². The zero-order valence-electron chi connectivity index (χ0n) is 15.3. The Labute approximate surface area is 155 Å². The van der Waals surface area contributed by atoms with Crippen molar-refractivity contribution in [2.24, 2.45) is 0 Å². The molecule has 1 saturated heterocycles. The lowest BCUT2D eigenvalue weighted by molar-refractivity contribution is -0.130. The number of amides is 1. The Hall–Kier alpha value is -2.47. The van der Waals surface area contributed by atoms with Crippen molar-refractivity contribution in [3.05, 3.63) is 54.0 Å². The van der Waals surface area contributed by atoms with Gasteiger partial charge < -0.3 is 10.6 Å². The molecule has 6 nitrogen and oxygen atoms in total. The summed E-state index contributed by atoms with van der Waals surface area (Å²) in [7, 11) is 2.06. The molecule has 138 valence electrons. The number of anilines is 1. The highest BCUT2D eigenvalue weighted by Crippen LogP contribution is 2.18. The third-order valence-electron chi connectivity index (χ3n) is 4.96. The van der Waals surface area contributed by atoms with E-state index in [2.05, 4.69) is 34.0 Å². The van der Waals surface area contributed by atoms with Gasteiger partial charge >= 0.3 is 0 Å². The number of carbonyl (C=O) groups is 1. The summed E-state index contributed by atoms with van der Waals surface area (Å²) < 4.78 is 0. The summed E-state index contributed by atoms with van der Waals surface area (Å²) in [6, 6.07) is 12.4. The molecule has 1 atom stereocenters. The van der Waals surface area contributed by atoms with Gasteiger partial charge in [-0.05, 0) is 37.9 Å². The van der Waals surface area contributed by atoms with Crippen molar-refractivity contribution >= 4 is 11.7 Å². The largest absolute Gasteiger partial charge is 0.384 e. The normalized spacial score (nSPS) is 17.0. The summed E-state index contributed by atoms with van der Waals surface area (Å²) in [5.74, 6) is 1.47. The fourth-order valence-corrected chi connectivity index (χ4v) is 3.42. The standard InChI is InChI=1S/C20H27N5O/c1-24(15-19-22-12-10-18(21)23-19)17-11-13-25(14-17)20(26)9-5-8-16-6-3-2-4-7-16/h2-4,6-7,10,12,17H,5,8-9,11,13-15H2,1H3,(H2,21,22,23). The number of likely N-dealkylation sites (N-methyl/N-ethyl adjacent to an activating group) is 1. The van der Waals surface area contributed by atoms with Crippen molar-refractivity contribution in [1.82, 2.24) is 19.8 Å². The van der Waals surface area contributed by atoms with Crippen LogP contribution < -0.4 is 5.73 Å². The fourth-order valence-electron chi connectivity index (χ4n) is 3.42. The van der Waals surface area contributed by atoms with Crippen LogP contribution in [0.3, 0.4) is 0 Å². The number of carbonyl (C=O) groups excluding carboxylic acids is 1. The summed E-state index contributed by atoms with van der Waals surface area (Å²) >= 11 is 0. The van der Waals surface area contributed by atoms with Crippen LogP contribution in [0, 0.1) is 0 Å². The number of nitrogen functional groups attached to an aromatic ring is 1. The van der Waals surface area contributed by atoms with E-state index in [1.165, 1.54) is 5.56 Å². The quantitative estimate of drug-likeness (QED) is 0.825. The summed E-state index contributed by atoms with van der Waals surface area (Å²) in [5.41, 5.74) is 7.01. The van der Waals surface area contributed by atoms with Gasteiger partial charge in [-0.2, -0.15) is 0 Å². The molecule has 0 radical (unpaired) electrons. The molecule has 3 rings (SSSR count). The number of hydrogen-bond acceptors (Lipinski definition) is 5. The maximum atomic E-state index is 12.5. The molecule has 2 N–H and O–H groups in total. The van der Waals surface area contributed by atoms with Crippen molar-refractivity contribution in [2.45, 2.75) is 38.3 Å². The average Bonchev–Trinajstić information content (AvgIpc) is 3.13. The lowest BCUT2D eigenvalue weighted by Crippen LogP contribution is -2.36. The first-order valence-corrected chi connectivity index (χ1v) is 9.21. The number of aromatic nitrogens is 2. The van der Waals surface area contributed by atoms with Gasteiger partial charge in [-0.15, -0.1) is 0 Å². The second-order valence-corrected chi connectivity index (χ2v) is 6.93. The highest BCUT2D eigenvalue weighted by Gasteiger charge is 2.28. The lowest BCUT2D eigenvalue weighted by Gasteiger charge is -2.24. The molecular formula is C20H27N5O. The fraction of sp³-hybridized carbons (Fsp3) is 0.450. The molecule has 1 aliphatic rings. The molecule has 1 aliphatic heterocycles. The SMILES string of the molecule is CN(Cc1nccc(N)n1)C1CCN(C(=O)CCCc2ccccc2)C1. The van der Waals surface area contributed by atoms with E-state index in [1.807, 2.05) is 23.1 Å². The van der Waals surface area contributed by atoms with Crippen LogP contribution in [-0.4, -0.2) is 51.9 Å². The Balaban J connectivity index is 1.43. The minimum Gasteiger partial charge on any atom is -0.384 e. The van der Waals surface area contributed by atoms with E-state index < -0.39 is 0 Å². The van der Waals surface area contributed by atoms with Crippen molar-refractivity contribution in [1.29, 1.82) is 0 Å². The second kappa shape index (κ2) is 8.76. The Morgan fingerprint density at radius 1 is 1.31 bits per heavy atom. The molecule has 2 aromatic rings. The van der Waals surface area contributed by atoms with Gasteiger partial charge in [-0.3, -0.25) is 9.69 Å². The number of likely N-dealkylation sites (tertiary alicyclic amines) is 1. The number of hydrogen-bond donors (Lipinski definition) is 1. The van der Waals surface area contributed by atoms with Crippen molar-refractivity contribution in [2.75, 3.05) is 25.9 Å². The summed E-state index contributed by atoms with van der Waals surface area (Å²) in [5, 5.41) is 0. The van der Waals surface area contributed by atoms with Gasteiger partial charge in [0.05, 0.1) is 6.54 Å². The molecule has 1 aromatic carbocycles. The first-order valence-electron chi connectivity index (χ1n) is 9.21. The molecule has 0 bridgehead atoms.